The van der Waals surface area contributed by atoms with Crippen molar-refractivity contribution >= 4 is 51.1 Å². The van der Waals surface area contributed by atoms with Crippen molar-refractivity contribution < 1.29 is 23.7 Å². The summed E-state index contributed by atoms with van der Waals surface area (Å²) in [6, 6.07) is 17.2. The average molecular weight is 477 g/mol. The smallest absolute Gasteiger partial charge is 0.433 e. The Bertz CT molecular complexity index is 1030. The predicted octanol–water partition coefficient (Wildman–Crippen LogP) is 4.90. The van der Waals surface area contributed by atoms with Crippen LogP contribution in [0.15, 0.2) is 79.3 Å². The Labute approximate surface area is 177 Å². The van der Waals surface area contributed by atoms with Crippen LogP contribution in [0.4, 0.5) is 11.6 Å². The van der Waals surface area contributed by atoms with E-state index in [4.69, 9.17) is 9.15 Å². The molecule has 0 bridgehead atoms. The van der Waals surface area contributed by atoms with Crippen LogP contribution in [-0.2, 0) is 9.53 Å². The van der Waals surface area contributed by atoms with Crippen LogP contribution in [0.2, 0.25) is 0 Å². The highest BCUT2D eigenvalue weighted by atomic mass is 79.9. The number of carbonyl (C=O) groups excluding carboxylic acids is 2. The molecule has 1 aromatic heterocycles. The second kappa shape index (κ2) is 9.39. The molecule has 148 valence electrons. The number of anilines is 1. The summed E-state index contributed by atoms with van der Waals surface area (Å²) in [6.45, 7) is -0.553. The van der Waals surface area contributed by atoms with Crippen LogP contribution in [0.1, 0.15) is 10.6 Å². The SMILES string of the molecule is O=C(COC(=O)c1ccc([N+](=O)[O-])o1)Nc1ccc(Sc2ccc(Br)cc2)cc1. The molecule has 0 saturated carbocycles. The lowest BCUT2D eigenvalue weighted by Gasteiger charge is -2.07. The molecule has 1 N–H and O–H groups in total. The fourth-order valence-corrected chi connectivity index (χ4v) is 3.26. The number of amides is 1. The lowest BCUT2D eigenvalue weighted by Crippen LogP contribution is -2.20. The molecule has 0 saturated heterocycles. The van der Waals surface area contributed by atoms with Crippen molar-refractivity contribution in [3.05, 3.63) is 81.0 Å². The van der Waals surface area contributed by atoms with Gasteiger partial charge in [-0.3, -0.25) is 14.9 Å². The maximum atomic E-state index is 11.9. The van der Waals surface area contributed by atoms with Crippen LogP contribution in [0.3, 0.4) is 0 Å². The van der Waals surface area contributed by atoms with Gasteiger partial charge in [0.2, 0.25) is 5.76 Å². The first-order chi connectivity index (χ1) is 13.9. The minimum Gasteiger partial charge on any atom is -0.450 e. The van der Waals surface area contributed by atoms with Crippen molar-refractivity contribution in [1.29, 1.82) is 0 Å². The molecule has 3 rings (SSSR count). The number of carbonyl (C=O) groups is 2. The number of furan rings is 1. The molecule has 0 atom stereocenters. The molecule has 0 aliphatic rings. The molecule has 0 aliphatic carbocycles. The molecule has 0 unspecified atom stereocenters. The molecule has 8 nitrogen and oxygen atoms in total. The number of esters is 1. The van der Waals surface area contributed by atoms with E-state index in [9.17, 15) is 19.7 Å². The van der Waals surface area contributed by atoms with Crippen LogP contribution in [-0.4, -0.2) is 23.4 Å². The number of nitrogens with one attached hydrogen (secondary N) is 1. The lowest BCUT2D eigenvalue weighted by atomic mass is 10.3. The van der Waals surface area contributed by atoms with Gasteiger partial charge in [0.1, 0.15) is 4.92 Å². The van der Waals surface area contributed by atoms with E-state index in [-0.39, 0.29) is 5.76 Å². The first kappa shape index (κ1) is 20.6. The molecular formula is C19H13BrN2O6S. The second-order valence-electron chi connectivity index (χ2n) is 5.60. The summed E-state index contributed by atoms with van der Waals surface area (Å²) in [4.78, 5) is 35.5. The minimum atomic E-state index is -0.963. The monoisotopic (exact) mass is 476 g/mol. The fourth-order valence-electron chi connectivity index (χ4n) is 2.18. The van der Waals surface area contributed by atoms with Crippen molar-refractivity contribution in [3.8, 4) is 0 Å². The zero-order valence-corrected chi connectivity index (χ0v) is 17.1. The summed E-state index contributed by atoms with van der Waals surface area (Å²) >= 11 is 4.97. The molecule has 3 aromatic rings. The van der Waals surface area contributed by atoms with E-state index in [1.807, 2.05) is 36.4 Å². The summed E-state index contributed by atoms with van der Waals surface area (Å²) in [6.07, 6.45) is 0. The van der Waals surface area contributed by atoms with Gasteiger partial charge in [0.05, 0.1) is 6.07 Å². The highest BCUT2D eigenvalue weighted by molar-refractivity contribution is 9.10. The summed E-state index contributed by atoms with van der Waals surface area (Å²) in [5, 5.41) is 13.1. The Balaban J connectivity index is 1.49. The quantitative estimate of drug-likeness (QED) is 0.293. The zero-order valence-electron chi connectivity index (χ0n) is 14.7. The molecule has 2 aromatic carbocycles. The van der Waals surface area contributed by atoms with E-state index in [1.54, 1.807) is 23.9 Å². The van der Waals surface area contributed by atoms with Crippen LogP contribution < -0.4 is 5.32 Å². The summed E-state index contributed by atoms with van der Waals surface area (Å²) in [5.41, 5.74) is 0.542. The molecule has 0 aliphatic heterocycles. The van der Waals surface area contributed by atoms with Crippen LogP contribution in [0.25, 0.3) is 0 Å². The average Bonchev–Trinajstić information content (AvgIpc) is 3.20. The fraction of sp³-hybridized carbons (Fsp3) is 0.0526. The molecule has 1 amide bonds. The van der Waals surface area contributed by atoms with Gasteiger partial charge in [-0.25, -0.2) is 4.79 Å². The van der Waals surface area contributed by atoms with Crippen LogP contribution >= 0.6 is 27.7 Å². The van der Waals surface area contributed by atoms with Crippen molar-refractivity contribution in [2.75, 3.05) is 11.9 Å². The third kappa shape index (κ3) is 5.93. The van der Waals surface area contributed by atoms with Crippen molar-refractivity contribution in [1.82, 2.24) is 0 Å². The largest absolute Gasteiger partial charge is 0.450 e. The van der Waals surface area contributed by atoms with E-state index in [1.165, 1.54) is 0 Å². The number of hydrogen-bond donors (Lipinski definition) is 1. The standard InChI is InChI=1S/C19H13BrN2O6S/c20-12-1-5-14(6-2-12)29-15-7-3-13(4-8-15)21-17(23)11-27-19(24)16-9-10-18(28-16)22(25)26/h1-10H,11H2,(H,21,23). The number of nitrogens with zero attached hydrogens (tertiary/aromatic N) is 1. The van der Waals surface area contributed by atoms with Gasteiger partial charge in [0, 0.05) is 20.0 Å². The number of ether oxygens (including phenoxy) is 1. The molecule has 0 fully saturated rings. The van der Waals surface area contributed by atoms with Gasteiger partial charge in [-0.15, -0.1) is 0 Å². The van der Waals surface area contributed by atoms with Gasteiger partial charge in [0.25, 0.3) is 5.91 Å². The van der Waals surface area contributed by atoms with Crippen molar-refractivity contribution in [3.63, 3.8) is 0 Å². The Morgan fingerprint density at radius 2 is 1.66 bits per heavy atom. The first-order valence-electron chi connectivity index (χ1n) is 8.15. The molecule has 0 spiro atoms. The normalized spacial score (nSPS) is 10.4. The number of hydrogen-bond acceptors (Lipinski definition) is 7. The summed E-state index contributed by atoms with van der Waals surface area (Å²) in [5.74, 6) is -2.44. The molecule has 29 heavy (non-hydrogen) atoms. The predicted molar refractivity (Wildman–Crippen MR) is 109 cm³/mol. The van der Waals surface area contributed by atoms with Crippen LogP contribution in [0.5, 0.6) is 0 Å². The number of benzene rings is 2. The third-order valence-electron chi connectivity index (χ3n) is 3.49. The van der Waals surface area contributed by atoms with E-state index in [2.05, 4.69) is 21.2 Å². The van der Waals surface area contributed by atoms with E-state index in [0.29, 0.717) is 5.69 Å². The maximum absolute atomic E-state index is 11.9. The van der Waals surface area contributed by atoms with Crippen molar-refractivity contribution in [2.24, 2.45) is 0 Å². The summed E-state index contributed by atoms with van der Waals surface area (Å²) < 4.78 is 10.5. The third-order valence-corrected chi connectivity index (χ3v) is 5.04. The topological polar surface area (TPSA) is 112 Å². The van der Waals surface area contributed by atoms with Gasteiger partial charge < -0.3 is 14.5 Å². The number of rotatable bonds is 7. The van der Waals surface area contributed by atoms with E-state index >= 15 is 0 Å². The molecule has 0 radical (unpaired) electrons. The zero-order chi connectivity index (χ0) is 20.8. The highest BCUT2D eigenvalue weighted by Gasteiger charge is 2.19. The lowest BCUT2D eigenvalue weighted by molar-refractivity contribution is -0.402. The maximum Gasteiger partial charge on any atom is 0.433 e. The molecule has 10 heteroatoms. The van der Waals surface area contributed by atoms with Gasteiger partial charge >= 0.3 is 11.9 Å². The van der Waals surface area contributed by atoms with Crippen LogP contribution in [0, 0.1) is 10.1 Å². The van der Waals surface area contributed by atoms with Gasteiger partial charge in [-0.05, 0) is 54.6 Å². The Morgan fingerprint density at radius 1 is 1.03 bits per heavy atom. The van der Waals surface area contributed by atoms with E-state index in [0.717, 1.165) is 26.4 Å². The first-order valence-corrected chi connectivity index (χ1v) is 9.76. The van der Waals surface area contributed by atoms with Gasteiger partial charge in [0.15, 0.2) is 6.61 Å². The number of nitro groups is 1. The number of halogens is 1. The van der Waals surface area contributed by atoms with E-state index < -0.39 is 29.3 Å². The van der Waals surface area contributed by atoms with Gasteiger partial charge in [-0.1, -0.05) is 27.7 Å². The minimum absolute atomic E-state index is 0.348. The highest BCUT2D eigenvalue weighted by Crippen LogP contribution is 2.29. The summed E-state index contributed by atoms with van der Waals surface area (Å²) in [7, 11) is 0. The second-order valence-corrected chi connectivity index (χ2v) is 7.66. The molecular weight excluding hydrogens is 464 g/mol. The Hall–Kier alpha value is -3.11. The Morgan fingerprint density at radius 3 is 2.24 bits per heavy atom. The van der Waals surface area contributed by atoms with Crippen molar-refractivity contribution in [2.45, 2.75) is 9.79 Å². The van der Waals surface area contributed by atoms with Gasteiger partial charge in [-0.2, -0.15) is 0 Å². The molecule has 1 heterocycles. The Kier molecular flexibility index (Phi) is 6.68.